The zero-order valence-electron chi connectivity index (χ0n) is 12.3. The number of carboxylic acid groups (broad SMARTS) is 1. The number of Topliss-reactive ketones (excluding diaryl/α,β-unsaturated/α-hetero) is 1. The Morgan fingerprint density at radius 3 is 2.22 bits per heavy atom. The van der Waals surface area contributed by atoms with E-state index < -0.39 is 12.1 Å². The van der Waals surface area contributed by atoms with E-state index in [4.69, 9.17) is 21.5 Å². The summed E-state index contributed by atoms with van der Waals surface area (Å²) in [5.41, 5.74) is 1.58. The summed E-state index contributed by atoms with van der Waals surface area (Å²) >= 11 is 6.25. The van der Waals surface area contributed by atoms with Crippen LogP contribution in [0.5, 0.6) is 0 Å². The van der Waals surface area contributed by atoms with Crippen LogP contribution in [0.25, 0.3) is 0 Å². The molecule has 1 aromatic rings. The van der Waals surface area contributed by atoms with Gasteiger partial charge >= 0.3 is 12.1 Å². The molecule has 1 aliphatic heterocycles. The van der Waals surface area contributed by atoms with Crippen LogP contribution in [-0.4, -0.2) is 49.2 Å². The summed E-state index contributed by atoms with van der Waals surface area (Å²) in [7, 11) is 0. The lowest BCUT2D eigenvalue weighted by Crippen LogP contribution is -2.43. The molecule has 0 saturated carbocycles. The molecule has 0 bridgehead atoms. The lowest BCUT2D eigenvalue weighted by atomic mass is 10.1. The van der Waals surface area contributed by atoms with Gasteiger partial charge in [-0.25, -0.2) is 4.79 Å². The second kappa shape index (κ2) is 8.16. The lowest BCUT2D eigenvalue weighted by molar-refractivity contribution is -0.192. The van der Waals surface area contributed by atoms with E-state index in [1.165, 1.54) is 0 Å². The molecule has 0 unspecified atom stereocenters. The fourth-order valence-electron chi connectivity index (χ4n) is 1.94. The van der Waals surface area contributed by atoms with Crippen molar-refractivity contribution in [3.05, 3.63) is 28.8 Å². The van der Waals surface area contributed by atoms with Gasteiger partial charge in [-0.2, -0.15) is 13.2 Å². The van der Waals surface area contributed by atoms with Crippen molar-refractivity contribution in [2.75, 3.05) is 31.1 Å². The average Bonchev–Trinajstić information content (AvgIpc) is 2.47. The number of nitrogens with one attached hydrogen (secondary N) is 1. The molecule has 0 radical (unpaired) electrons. The van der Waals surface area contributed by atoms with E-state index in [9.17, 15) is 18.0 Å². The Kier molecular flexibility index (Phi) is 6.83. The van der Waals surface area contributed by atoms with Gasteiger partial charge < -0.3 is 15.3 Å². The van der Waals surface area contributed by atoms with E-state index in [0.717, 1.165) is 31.9 Å². The lowest BCUT2D eigenvalue weighted by Gasteiger charge is -2.30. The zero-order valence-corrected chi connectivity index (χ0v) is 13.0. The molecule has 0 atom stereocenters. The highest BCUT2D eigenvalue weighted by molar-refractivity contribution is 6.36. The smallest absolute Gasteiger partial charge is 0.475 e. The van der Waals surface area contributed by atoms with Crippen molar-refractivity contribution in [1.29, 1.82) is 0 Å². The van der Waals surface area contributed by atoms with Crippen LogP contribution in [0.4, 0.5) is 18.9 Å². The summed E-state index contributed by atoms with van der Waals surface area (Å²) < 4.78 is 31.7. The SMILES string of the molecule is CC(=O)c1cccc(N2CCNCC2)c1Cl.O=C(O)C(F)(F)F. The quantitative estimate of drug-likeness (QED) is 0.801. The summed E-state index contributed by atoms with van der Waals surface area (Å²) in [6.45, 7) is 5.33. The first-order valence-corrected chi connectivity index (χ1v) is 7.07. The van der Waals surface area contributed by atoms with Gasteiger partial charge in [-0.05, 0) is 19.1 Å². The van der Waals surface area contributed by atoms with E-state index >= 15 is 0 Å². The fraction of sp³-hybridized carbons (Fsp3) is 0.429. The third kappa shape index (κ3) is 5.72. The van der Waals surface area contributed by atoms with E-state index in [0.29, 0.717) is 10.6 Å². The number of carbonyl (C=O) groups excluding carboxylic acids is 1. The fourth-order valence-corrected chi connectivity index (χ4v) is 2.32. The molecular formula is C14H16ClF3N2O3. The van der Waals surface area contributed by atoms with Crippen LogP contribution in [-0.2, 0) is 4.79 Å². The standard InChI is InChI=1S/C12H15ClN2O.C2HF3O2/c1-9(16)10-3-2-4-11(12(10)13)15-7-5-14-6-8-15;3-2(4,5)1(6)7/h2-4,14H,5-8H2,1H3;(H,6,7). The van der Waals surface area contributed by atoms with E-state index in [1.54, 1.807) is 13.0 Å². The van der Waals surface area contributed by atoms with Crippen molar-refractivity contribution in [3.8, 4) is 0 Å². The number of halogens is 4. The molecular weight excluding hydrogens is 337 g/mol. The highest BCUT2D eigenvalue weighted by Crippen LogP contribution is 2.29. The van der Waals surface area contributed by atoms with Gasteiger partial charge in [0, 0.05) is 31.7 Å². The highest BCUT2D eigenvalue weighted by atomic mass is 35.5. The molecule has 9 heteroatoms. The van der Waals surface area contributed by atoms with Gasteiger partial charge in [0.15, 0.2) is 5.78 Å². The number of alkyl halides is 3. The molecule has 0 amide bonds. The molecule has 0 aliphatic carbocycles. The van der Waals surface area contributed by atoms with Gasteiger partial charge in [0.2, 0.25) is 0 Å². The van der Waals surface area contributed by atoms with Gasteiger partial charge in [-0.3, -0.25) is 4.79 Å². The van der Waals surface area contributed by atoms with E-state index in [-0.39, 0.29) is 5.78 Å². The Labute approximate surface area is 136 Å². The van der Waals surface area contributed by atoms with E-state index in [1.807, 2.05) is 12.1 Å². The molecule has 1 aliphatic rings. The van der Waals surface area contributed by atoms with Crippen LogP contribution in [0, 0.1) is 0 Å². The predicted octanol–water partition coefficient (Wildman–Crippen LogP) is 2.59. The van der Waals surface area contributed by atoms with Gasteiger partial charge in [-0.15, -0.1) is 0 Å². The largest absolute Gasteiger partial charge is 0.490 e. The van der Waals surface area contributed by atoms with Crippen molar-refractivity contribution in [2.24, 2.45) is 0 Å². The number of rotatable bonds is 2. The van der Waals surface area contributed by atoms with Crippen molar-refractivity contribution in [2.45, 2.75) is 13.1 Å². The second-order valence-corrected chi connectivity index (χ2v) is 5.11. The number of hydrogen-bond acceptors (Lipinski definition) is 4. The number of hydrogen-bond donors (Lipinski definition) is 2. The Hall–Kier alpha value is -1.80. The number of nitrogens with zero attached hydrogens (tertiary/aromatic N) is 1. The first-order chi connectivity index (χ1) is 10.6. The summed E-state index contributed by atoms with van der Waals surface area (Å²) in [5, 5.41) is 11.0. The molecule has 2 N–H and O–H groups in total. The minimum absolute atomic E-state index is 0.0157. The molecule has 2 rings (SSSR count). The summed E-state index contributed by atoms with van der Waals surface area (Å²) in [6.07, 6.45) is -5.08. The van der Waals surface area contributed by atoms with Crippen molar-refractivity contribution in [1.82, 2.24) is 5.32 Å². The highest BCUT2D eigenvalue weighted by Gasteiger charge is 2.38. The van der Waals surface area contributed by atoms with E-state index in [2.05, 4.69) is 10.2 Å². The molecule has 0 spiro atoms. The molecule has 1 aromatic carbocycles. The second-order valence-electron chi connectivity index (χ2n) is 4.73. The van der Waals surface area contributed by atoms with Gasteiger partial charge in [-0.1, -0.05) is 17.7 Å². The molecule has 1 saturated heterocycles. The molecule has 1 heterocycles. The minimum atomic E-state index is -5.08. The molecule has 128 valence electrons. The van der Waals surface area contributed by atoms with Crippen LogP contribution in [0.15, 0.2) is 18.2 Å². The number of ketones is 1. The maximum atomic E-state index is 11.4. The third-order valence-corrected chi connectivity index (χ3v) is 3.46. The Morgan fingerprint density at radius 2 is 1.78 bits per heavy atom. The summed E-state index contributed by atoms with van der Waals surface area (Å²) in [4.78, 5) is 22.5. The van der Waals surface area contributed by atoms with Crippen molar-refractivity contribution >= 4 is 29.0 Å². The maximum absolute atomic E-state index is 11.4. The molecule has 23 heavy (non-hydrogen) atoms. The topological polar surface area (TPSA) is 69.6 Å². The molecule has 1 fully saturated rings. The van der Waals surface area contributed by atoms with Crippen molar-refractivity contribution in [3.63, 3.8) is 0 Å². The number of aliphatic carboxylic acids is 1. The van der Waals surface area contributed by atoms with Crippen LogP contribution < -0.4 is 10.2 Å². The number of carboxylic acids is 1. The summed E-state index contributed by atoms with van der Waals surface area (Å²) in [6, 6.07) is 5.64. The Morgan fingerprint density at radius 1 is 1.26 bits per heavy atom. The first-order valence-electron chi connectivity index (χ1n) is 6.69. The number of piperazine rings is 1. The summed E-state index contributed by atoms with van der Waals surface area (Å²) in [5.74, 6) is -2.74. The van der Waals surface area contributed by atoms with Crippen LogP contribution in [0.3, 0.4) is 0 Å². The zero-order chi connectivity index (χ0) is 17.6. The predicted molar refractivity (Wildman–Crippen MR) is 80.2 cm³/mol. The van der Waals surface area contributed by atoms with Crippen molar-refractivity contribution < 1.29 is 27.9 Å². The van der Waals surface area contributed by atoms with Gasteiger partial charge in [0.1, 0.15) is 0 Å². The minimum Gasteiger partial charge on any atom is -0.475 e. The number of anilines is 1. The molecule has 0 aromatic heterocycles. The molecule has 5 nitrogen and oxygen atoms in total. The normalized spacial score (nSPS) is 14.7. The third-order valence-electron chi connectivity index (χ3n) is 3.06. The first kappa shape index (κ1) is 19.2. The van der Waals surface area contributed by atoms with Crippen LogP contribution in [0.2, 0.25) is 5.02 Å². The van der Waals surface area contributed by atoms with Gasteiger partial charge in [0.25, 0.3) is 0 Å². The average molecular weight is 353 g/mol. The van der Waals surface area contributed by atoms with Gasteiger partial charge in [0.05, 0.1) is 10.7 Å². The Bertz CT molecular complexity index is 573. The maximum Gasteiger partial charge on any atom is 0.490 e. The number of benzene rings is 1. The van der Waals surface area contributed by atoms with Crippen LogP contribution in [0.1, 0.15) is 17.3 Å². The monoisotopic (exact) mass is 352 g/mol. The van der Waals surface area contributed by atoms with Crippen LogP contribution >= 0.6 is 11.6 Å². The Balaban J connectivity index is 0.000000322. The number of carbonyl (C=O) groups is 2.